The molecule has 2 rings (SSSR count). The van der Waals surface area contributed by atoms with Crippen LogP contribution in [-0.4, -0.2) is 27.0 Å². The van der Waals surface area contributed by atoms with Crippen LogP contribution in [0.25, 0.3) is 0 Å². The average molecular weight is 258 g/mol. The topological polar surface area (TPSA) is 59.8 Å². The number of carbonyl (C=O) groups excluding carboxylic acids is 1. The number of nitrogens with zero attached hydrogens (tertiary/aromatic N) is 3. The minimum absolute atomic E-state index is 0.0290. The fourth-order valence-corrected chi connectivity index (χ4v) is 1.80. The maximum absolute atomic E-state index is 11.6. The van der Waals surface area contributed by atoms with Crippen LogP contribution in [0.2, 0.25) is 0 Å². The zero-order chi connectivity index (χ0) is 13.3. The first kappa shape index (κ1) is 13.3. The SMILES string of the molecule is O=C(Cc1ccccn1)NCCCCn1ccnc1. The summed E-state index contributed by atoms with van der Waals surface area (Å²) in [6, 6.07) is 5.59. The quantitative estimate of drug-likeness (QED) is 0.764. The lowest BCUT2D eigenvalue weighted by Crippen LogP contribution is -2.26. The van der Waals surface area contributed by atoms with Gasteiger partial charge in [-0.1, -0.05) is 6.07 Å². The monoisotopic (exact) mass is 258 g/mol. The standard InChI is InChI=1S/C14H18N4O/c19-14(11-13-5-1-2-6-16-13)17-7-3-4-9-18-10-8-15-12-18/h1-2,5-6,8,10,12H,3-4,7,9,11H2,(H,17,19). The average Bonchev–Trinajstić information content (AvgIpc) is 2.92. The second kappa shape index (κ2) is 7.31. The van der Waals surface area contributed by atoms with Gasteiger partial charge in [-0.25, -0.2) is 4.98 Å². The molecule has 0 bridgehead atoms. The van der Waals surface area contributed by atoms with Gasteiger partial charge in [0.05, 0.1) is 12.7 Å². The Kier molecular flexibility index (Phi) is 5.10. The van der Waals surface area contributed by atoms with Gasteiger partial charge >= 0.3 is 0 Å². The third-order valence-corrected chi connectivity index (χ3v) is 2.79. The molecular formula is C14H18N4O. The number of amides is 1. The first-order valence-electron chi connectivity index (χ1n) is 6.47. The number of aryl methyl sites for hydroxylation is 1. The van der Waals surface area contributed by atoms with Crippen molar-refractivity contribution in [2.75, 3.05) is 6.54 Å². The largest absolute Gasteiger partial charge is 0.356 e. The van der Waals surface area contributed by atoms with Gasteiger partial charge in [0.25, 0.3) is 0 Å². The predicted octanol–water partition coefficient (Wildman–Crippen LogP) is 1.42. The van der Waals surface area contributed by atoms with E-state index < -0.39 is 0 Å². The van der Waals surface area contributed by atoms with Crippen LogP contribution in [-0.2, 0) is 17.8 Å². The number of carbonyl (C=O) groups is 1. The molecule has 2 aromatic heterocycles. The van der Waals surface area contributed by atoms with Crippen molar-refractivity contribution >= 4 is 5.91 Å². The summed E-state index contributed by atoms with van der Waals surface area (Å²) in [5, 5.41) is 2.91. The van der Waals surface area contributed by atoms with Crippen molar-refractivity contribution in [3.05, 3.63) is 48.8 Å². The van der Waals surface area contributed by atoms with Crippen molar-refractivity contribution in [3.63, 3.8) is 0 Å². The molecule has 0 aliphatic rings. The van der Waals surface area contributed by atoms with Crippen molar-refractivity contribution in [1.82, 2.24) is 19.9 Å². The van der Waals surface area contributed by atoms with Gasteiger partial charge in [-0.2, -0.15) is 0 Å². The Hall–Kier alpha value is -2.17. The van der Waals surface area contributed by atoms with Crippen molar-refractivity contribution in [2.45, 2.75) is 25.8 Å². The number of aromatic nitrogens is 3. The van der Waals surface area contributed by atoms with Crippen molar-refractivity contribution < 1.29 is 4.79 Å². The zero-order valence-electron chi connectivity index (χ0n) is 10.8. The lowest BCUT2D eigenvalue weighted by atomic mass is 10.2. The van der Waals surface area contributed by atoms with Crippen LogP contribution in [0.4, 0.5) is 0 Å². The van der Waals surface area contributed by atoms with Gasteiger partial charge in [-0.15, -0.1) is 0 Å². The molecule has 1 amide bonds. The molecule has 5 heteroatoms. The van der Waals surface area contributed by atoms with Crippen molar-refractivity contribution in [3.8, 4) is 0 Å². The summed E-state index contributed by atoms with van der Waals surface area (Å²) < 4.78 is 2.04. The van der Waals surface area contributed by atoms with E-state index in [0.717, 1.165) is 25.1 Å². The second-order valence-corrected chi connectivity index (χ2v) is 4.36. The van der Waals surface area contributed by atoms with E-state index in [1.807, 2.05) is 29.0 Å². The lowest BCUT2D eigenvalue weighted by Gasteiger charge is -2.05. The van der Waals surface area contributed by atoms with Gasteiger partial charge in [0.1, 0.15) is 0 Å². The van der Waals surface area contributed by atoms with Crippen LogP contribution in [0.5, 0.6) is 0 Å². The molecule has 5 nitrogen and oxygen atoms in total. The van der Waals surface area contributed by atoms with Crippen LogP contribution >= 0.6 is 0 Å². The molecule has 2 aromatic rings. The summed E-state index contributed by atoms with van der Waals surface area (Å²) >= 11 is 0. The van der Waals surface area contributed by atoms with E-state index >= 15 is 0 Å². The van der Waals surface area contributed by atoms with Crippen LogP contribution in [0, 0.1) is 0 Å². The third kappa shape index (κ3) is 4.91. The number of hydrogen-bond donors (Lipinski definition) is 1. The molecular weight excluding hydrogens is 240 g/mol. The normalized spacial score (nSPS) is 10.3. The molecule has 0 atom stereocenters. The van der Waals surface area contributed by atoms with Crippen LogP contribution in [0.3, 0.4) is 0 Å². The number of nitrogens with one attached hydrogen (secondary N) is 1. The zero-order valence-corrected chi connectivity index (χ0v) is 10.8. The van der Waals surface area contributed by atoms with Gasteiger partial charge in [-0.3, -0.25) is 9.78 Å². The minimum Gasteiger partial charge on any atom is -0.356 e. The maximum atomic E-state index is 11.6. The predicted molar refractivity (Wildman–Crippen MR) is 72.4 cm³/mol. The molecule has 1 N–H and O–H groups in total. The Bertz CT molecular complexity index is 481. The van der Waals surface area contributed by atoms with Gasteiger partial charge in [0, 0.05) is 37.4 Å². The molecule has 0 spiro atoms. The van der Waals surface area contributed by atoms with Gasteiger partial charge in [0.15, 0.2) is 0 Å². The van der Waals surface area contributed by atoms with E-state index in [-0.39, 0.29) is 5.91 Å². The van der Waals surface area contributed by atoms with Gasteiger partial charge < -0.3 is 9.88 Å². The number of pyridine rings is 1. The number of hydrogen-bond acceptors (Lipinski definition) is 3. The molecule has 0 fully saturated rings. The highest BCUT2D eigenvalue weighted by molar-refractivity contribution is 5.77. The van der Waals surface area contributed by atoms with Crippen LogP contribution in [0.15, 0.2) is 43.1 Å². The molecule has 0 aliphatic heterocycles. The molecule has 0 saturated heterocycles. The fraction of sp³-hybridized carbons (Fsp3) is 0.357. The number of imidazole rings is 1. The highest BCUT2D eigenvalue weighted by atomic mass is 16.1. The molecule has 0 aliphatic carbocycles. The molecule has 100 valence electrons. The molecule has 0 saturated carbocycles. The summed E-state index contributed by atoms with van der Waals surface area (Å²) in [7, 11) is 0. The first-order valence-corrected chi connectivity index (χ1v) is 6.47. The second-order valence-electron chi connectivity index (χ2n) is 4.36. The first-order chi connectivity index (χ1) is 9.34. The Labute approximate surface area is 112 Å². The Balaban J connectivity index is 1.57. The van der Waals surface area contributed by atoms with Gasteiger partial charge in [0.2, 0.25) is 5.91 Å². The number of unbranched alkanes of at least 4 members (excludes halogenated alkanes) is 1. The third-order valence-electron chi connectivity index (χ3n) is 2.79. The summed E-state index contributed by atoms with van der Waals surface area (Å²) in [5.74, 6) is 0.0290. The lowest BCUT2D eigenvalue weighted by molar-refractivity contribution is -0.120. The highest BCUT2D eigenvalue weighted by Gasteiger charge is 2.02. The molecule has 0 radical (unpaired) electrons. The van der Waals surface area contributed by atoms with E-state index in [1.165, 1.54) is 0 Å². The van der Waals surface area contributed by atoms with Crippen molar-refractivity contribution in [2.24, 2.45) is 0 Å². The van der Waals surface area contributed by atoms with Gasteiger partial charge in [-0.05, 0) is 25.0 Å². The van der Waals surface area contributed by atoms with Crippen LogP contribution in [0.1, 0.15) is 18.5 Å². The summed E-state index contributed by atoms with van der Waals surface area (Å²) in [6.07, 6.45) is 9.57. The van der Waals surface area contributed by atoms with Crippen LogP contribution < -0.4 is 5.32 Å². The molecule has 2 heterocycles. The fourth-order valence-electron chi connectivity index (χ4n) is 1.80. The van der Waals surface area contributed by atoms with E-state index in [2.05, 4.69) is 15.3 Å². The number of rotatable bonds is 7. The molecule has 0 aromatic carbocycles. The molecule has 19 heavy (non-hydrogen) atoms. The van der Waals surface area contributed by atoms with Crippen molar-refractivity contribution in [1.29, 1.82) is 0 Å². The summed E-state index contributed by atoms with van der Waals surface area (Å²) in [5.41, 5.74) is 0.804. The van der Waals surface area contributed by atoms with E-state index in [4.69, 9.17) is 0 Å². The highest BCUT2D eigenvalue weighted by Crippen LogP contribution is 1.96. The van der Waals surface area contributed by atoms with E-state index in [0.29, 0.717) is 13.0 Å². The molecule has 0 unspecified atom stereocenters. The smallest absolute Gasteiger partial charge is 0.226 e. The minimum atomic E-state index is 0.0290. The maximum Gasteiger partial charge on any atom is 0.226 e. The summed E-state index contributed by atoms with van der Waals surface area (Å²) in [6.45, 7) is 1.65. The van der Waals surface area contributed by atoms with E-state index in [1.54, 1.807) is 18.7 Å². The Morgan fingerprint density at radius 3 is 2.95 bits per heavy atom. The Morgan fingerprint density at radius 2 is 2.21 bits per heavy atom. The van der Waals surface area contributed by atoms with E-state index in [9.17, 15) is 4.79 Å². The Morgan fingerprint density at radius 1 is 1.26 bits per heavy atom. The summed E-state index contributed by atoms with van der Waals surface area (Å²) in [4.78, 5) is 19.7.